The highest BCUT2D eigenvalue weighted by Gasteiger charge is 2.34. The van der Waals surface area contributed by atoms with E-state index in [1.807, 2.05) is 24.3 Å². The first-order valence-corrected chi connectivity index (χ1v) is 7.89. The van der Waals surface area contributed by atoms with Crippen molar-refractivity contribution in [3.05, 3.63) is 40.3 Å². The molecule has 1 N–H and O–H groups in total. The van der Waals surface area contributed by atoms with Gasteiger partial charge in [0.2, 0.25) is 0 Å². The predicted octanol–water partition coefficient (Wildman–Crippen LogP) is 3.15. The monoisotopic (exact) mass is 319 g/mol. The van der Waals surface area contributed by atoms with Gasteiger partial charge in [-0.05, 0) is 41.8 Å². The normalized spacial score (nSPS) is 16.6. The van der Waals surface area contributed by atoms with Gasteiger partial charge in [-0.25, -0.2) is 0 Å². The second-order valence-corrected chi connectivity index (χ2v) is 5.92. The fraction of sp³-hybridized carbons (Fsp3) is 0.312. The molecule has 5 nitrogen and oxygen atoms in total. The highest BCUT2D eigenvalue weighted by atomic mass is 32.2. The number of carboxylic acids is 1. The summed E-state index contributed by atoms with van der Waals surface area (Å²) in [4.78, 5) is 36.0. The number of nitrogens with zero attached hydrogens (tertiary/aromatic N) is 1. The van der Waals surface area contributed by atoms with Crippen molar-refractivity contribution in [1.82, 2.24) is 4.90 Å². The molecule has 0 radical (unpaired) electrons. The first kappa shape index (κ1) is 16.3. The molecular weight excluding hydrogens is 302 g/mol. The number of hydrogen-bond acceptors (Lipinski definition) is 4. The van der Waals surface area contributed by atoms with Crippen LogP contribution in [-0.2, 0) is 16.0 Å². The maximum absolute atomic E-state index is 12.2. The van der Waals surface area contributed by atoms with Crippen LogP contribution in [0.5, 0.6) is 0 Å². The Morgan fingerprint density at radius 1 is 1.27 bits per heavy atom. The maximum Gasteiger partial charge on any atom is 0.303 e. The smallest absolute Gasteiger partial charge is 0.303 e. The van der Waals surface area contributed by atoms with Crippen molar-refractivity contribution in [3.63, 3.8) is 0 Å². The van der Waals surface area contributed by atoms with Crippen molar-refractivity contribution in [3.8, 4) is 0 Å². The van der Waals surface area contributed by atoms with Crippen molar-refractivity contribution in [2.75, 3.05) is 6.54 Å². The number of amides is 2. The average Bonchev–Trinajstić information content (AvgIpc) is 2.75. The molecular formula is C16H17NO4S. The lowest BCUT2D eigenvalue weighted by Gasteiger charge is -2.10. The largest absolute Gasteiger partial charge is 0.481 e. The molecule has 1 aromatic carbocycles. The maximum atomic E-state index is 12.2. The second-order valence-electron chi connectivity index (χ2n) is 4.93. The van der Waals surface area contributed by atoms with Gasteiger partial charge in [0.15, 0.2) is 0 Å². The third kappa shape index (κ3) is 3.98. The number of aryl methyl sites for hydroxylation is 1. The van der Waals surface area contributed by atoms with E-state index in [-0.39, 0.29) is 30.5 Å². The number of benzene rings is 1. The minimum Gasteiger partial charge on any atom is -0.481 e. The first-order valence-electron chi connectivity index (χ1n) is 7.07. The molecule has 6 heteroatoms. The Kier molecular flexibility index (Phi) is 5.38. The van der Waals surface area contributed by atoms with E-state index in [0.717, 1.165) is 28.6 Å². The van der Waals surface area contributed by atoms with Crippen molar-refractivity contribution in [2.45, 2.75) is 26.2 Å². The number of rotatable bonds is 6. The molecule has 1 aromatic rings. The molecule has 22 heavy (non-hydrogen) atoms. The molecule has 0 aliphatic carbocycles. The Balaban J connectivity index is 2.06. The fourth-order valence-corrected chi connectivity index (χ4v) is 2.95. The number of carbonyl (C=O) groups excluding carboxylic acids is 2. The van der Waals surface area contributed by atoms with Crippen molar-refractivity contribution < 1.29 is 19.5 Å². The number of carbonyl (C=O) groups is 3. The van der Waals surface area contributed by atoms with Gasteiger partial charge >= 0.3 is 5.97 Å². The summed E-state index contributed by atoms with van der Waals surface area (Å²) in [6.45, 7) is 2.21. The molecule has 0 atom stereocenters. The van der Waals surface area contributed by atoms with Crippen LogP contribution in [0.1, 0.15) is 30.9 Å². The molecule has 2 rings (SSSR count). The van der Waals surface area contributed by atoms with Crippen molar-refractivity contribution in [1.29, 1.82) is 0 Å². The van der Waals surface area contributed by atoms with E-state index in [1.54, 1.807) is 6.08 Å². The molecule has 1 heterocycles. The van der Waals surface area contributed by atoms with Crippen LogP contribution in [-0.4, -0.2) is 33.7 Å². The van der Waals surface area contributed by atoms with E-state index in [2.05, 4.69) is 6.92 Å². The van der Waals surface area contributed by atoms with Crippen LogP contribution < -0.4 is 0 Å². The molecule has 1 aliphatic heterocycles. The molecule has 0 spiro atoms. The van der Waals surface area contributed by atoms with Crippen LogP contribution in [0.3, 0.4) is 0 Å². The number of imide groups is 1. The summed E-state index contributed by atoms with van der Waals surface area (Å²) >= 11 is 0.897. The van der Waals surface area contributed by atoms with Gasteiger partial charge in [0.1, 0.15) is 0 Å². The van der Waals surface area contributed by atoms with Gasteiger partial charge in [-0.15, -0.1) is 0 Å². The standard InChI is InChI=1S/C16H17NO4S/c1-2-11-5-7-12(8-6-11)10-13-15(20)17(16(21)22-13)9-3-4-14(18)19/h5-8,10H,2-4,9H2,1H3,(H,18,19)/b13-10-. The number of aliphatic carboxylic acids is 1. The zero-order valence-electron chi connectivity index (χ0n) is 12.2. The summed E-state index contributed by atoms with van der Waals surface area (Å²) in [5.41, 5.74) is 2.08. The number of carboxylic acid groups (broad SMARTS) is 1. The molecule has 1 aliphatic rings. The molecule has 116 valence electrons. The van der Waals surface area contributed by atoms with E-state index in [9.17, 15) is 14.4 Å². The van der Waals surface area contributed by atoms with E-state index < -0.39 is 5.97 Å². The zero-order chi connectivity index (χ0) is 16.1. The number of hydrogen-bond donors (Lipinski definition) is 1. The average molecular weight is 319 g/mol. The molecule has 0 bridgehead atoms. The predicted molar refractivity (Wildman–Crippen MR) is 85.4 cm³/mol. The van der Waals surface area contributed by atoms with Crippen molar-refractivity contribution >= 4 is 35.0 Å². The van der Waals surface area contributed by atoms with Gasteiger partial charge in [0.25, 0.3) is 11.1 Å². The molecule has 0 aromatic heterocycles. The Labute approximate surface area is 133 Å². The van der Waals surface area contributed by atoms with Crippen LogP contribution >= 0.6 is 11.8 Å². The van der Waals surface area contributed by atoms with Crippen LogP contribution in [0.4, 0.5) is 4.79 Å². The Bertz CT molecular complexity index is 622. The van der Waals surface area contributed by atoms with Gasteiger partial charge in [0.05, 0.1) is 4.91 Å². The lowest BCUT2D eigenvalue weighted by Crippen LogP contribution is -2.29. The minimum absolute atomic E-state index is 0.0563. The fourth-order valence-electron chi connectivity index (χ4n) is 2.08. The molecule has 0 unspecified atom stereocenters. The van der Waals surface area contributed by atoms with Crippen LogP contribution in [0, 0.1) is 0 Å². The quantitative estimate of drug-likeness (QED) is 0.815. The summed E-state index contributed by atoms with van der Waals surface area (Å²) in [7, 11) is 0. The minimum atomic E-state index is -0.932. The summed E-state index contributed by atoms with van der Waals surface area (Å²) in [6.07, 6.45) is 2.85. The van der Waals surface area contributed by atoms with E-state index in [4.69, 9.17) is 5.11 Å². The molecule has 0 saturated carbocycles. The summed E-state index contributed by atoms with van der Waals surface area (Å²) in [5, 5.41) is 8.26. The third-order valence-electron chi connectivity index (χ3n) is 3.33. The Morgan fingerprint density at radius 3 is 2.55 bits per heavy atom. The highest BCUT2D eigenvalue weighted by molar-refractivity contribution is 8.18. The molecule has 1 saturated heterocycles. The zero-order valence-corrected chi connectivity index (χ0v) is 13.1. The topological polar surface area (TPSA) is 74.7 Å². The lowest BCUT2D eigenvalue weighted by atomic mass is 10.1. The van der Waals surface area contributed by atoms with Crippen LogP contribution in [0.25, 0.3) is 6.08 Å². The Morgan fingerprint density at radius 2 is 1.95 bits per heavy atom. The van der Waals surface area contributed by atoms with E-state index in [0.29, 0.717) is 4.91 Å². The van der Waals surface area contributed by atoms with Gasteiger partial charge in [-0.2, -0.15) is 0 Å². The van der Waals surface area contributed by atoms with Crippen LogP contribution in [0.2, 0.25) is 0 Å². The second kappa shape index (κ2) is 7.26. The Hall–Kier alpha value is -2.08. The van der Waals surface area contributed by atoms with Crippen LogP contribution in [0.15, 0.2) is 29.2 Å². The number of thioether (sulfide) groups is 1. The van der Waals surface area contributed by atoms with Gasteiger partial charge in [-0.3, -0.25) is 19.3 Å². The van der Waals surface area contributed by atoms with Gasteiger partial charge < -0.3 is 5.11 Å². The van der Waals surface area contributed by atoms with E-state index >= 15 is 0 Å². The molecule has 2 amide bonds. The SMILES string of the molecule is CCc1ccc(/C=C2\SC(=O)N(CCCC(=O)O)C2=O)cc1. The summed E-state index contributed by atoms with van der Waals surface area (Å²) in [6, 6.07) is 7.81. The molecule has 1 fully saturated rings. The summed E-state index contributed by atoms with van der Waals surface area (Å²) in [5.74, 6) is -1.28. The van der Waals surface area contributed by atoms with Crippen molar-refractivity contribution in [2.24, 2.45) is 0 Å². The van der Waals surface area contributed by atoms with Gasteiger partial charge in [0, 0.05) is 13.0 Å². The van der Waals surface area contributed by atoms with Gasteiger partial charge in [-0.1, -0.05) is 31.2 Å². The van der Waals surface area contributed by atoms with E-state index in [1.165, 1.54) is 5.56 Å². The highest BCUT2D eigenvalue weighted by Crippen LogP contribution is 2.32. The lowest BCUT2D eigenvalue weighted by molar-refractivity contribution is -0.137. The first-order chi connectivity index (χ1) is 10.5. The third-order valence-corrected chi connectivity index (χ3v) is 4.24. The summed E-state index contributed by atoms with van der Waals surface area (Å²) < 4.78 is 0.